The molecule has 0 bridgehead atoms. The summed E-state index contributed by atoms with van der Waals surface area (Å²) in [5.74, 6) is 0.569. The summed E-state index contributed by atoms with van der Waals surface area (Å²) >= 11 is 0. The Hall–Kier alpha value is -3.94. The van der Waals surface area contributed by atoms with Crippen LogP contribution in [0.2, 0.25) is 0 Å². The number of likely N-dealkylation sites (tertiary alicyclic amines) is 1. The topological polar surface area (TPSA) is 106 Å². The van der Waals surface area contributed by atoms with E-state index < -0.39 is 0 Å². The number of benzene rings is 1. The molecule has 0 radical (unpaired) electrons. The molecule has 1 aliphatic heterocycles. The van der Waals surface area contributed by atoms with Crippen molar-refractivity contribution >= 4 is 39.9 Å². The minimum atomic E-state index is -0.206. The fourth-order valence-corrected chi connectivity index (χ4v) is 5.73. The highest BCUT2D eigenvalue weighted by atomic mass is 16.2. The number of allylic oxidation sites excluding steroid dienone is 2. The molecule has 1 aromatic carbocycles. The number of nitrogens with zero attached hydrogens (tertiary/aromatic N) is 4. The average molecular weight is 499 g/mol. The lowest BCUT2D eigenvalue weighted by molar-refractivity contribution is -0.134. The zero-order valence-corrected chi connectivity index (χ0v) is 21.8. The van der Waals surface area contributed by atoms with Gasteiger partial charge in [0.2, 0.25) is 5.91 Å². The van der Waals surface area contributed by atoms with Gasteiger partial charge in [-0.1, -0.05) is 24.3 Å². The van der Waals surface area contributed by atoms with E-state index in [-0.39, 0.29) is 11.8 Å². The third kappa shape index (κ3) is 4.52. The molecule has 2 aliphatic rings. The van der Waals surface area contributed by atoms with Crippen molar-refractivity contribution in [3.05, 3.63) is 53.9 Å². The molecule has 8 heteroatoms. The van der Waals surface area contributed by atoms with E-state index >= 15 is 0 Å². The molecule has 3 aromatic rings. The molecular weight excluding hydrogens is 464 g/mol. The van der Waals surface area contributed by atoms with Crippen LogP contribution in [0, 0.1) is 5.92 Å². The number of carbonyl (C=O) groups is 2. The Bertz CT molecular complexity index is 1430. The van der Waals surface area contributed by atoms with E-state index in [4.69, 9.17) is 5.73 Å². The number of hydrogen-bond donors (Lipinski definition) is 2. The van der Waals surface area contributed by atoms with Crippen LogP contribution in [-0.4, -0.2) is 44.3 Å². The molecule has 1 atom stereocenters. The maximum Gasteiger partial charge on any atom is 0.250 e. The van der Waals surface area contributed by atoms with Gasteiger partial charge in [-0.3, -0.25) is 9.59 Å². The van der Waals surface area contributed by atoms with E-state index in [9.17, 15) is 9.59 Å². The summed E-state index contributed by atoms with van der Waals surface area (Å²) < 4.78 is 2.06. The molecule has 0 spiro atoms. The van der Waals surface area contributed by atoms with Crippen LogP contribution in [0.1, 0.15) is 51.5 Å². The number of nitrogens with two attached hydrogens (primary N) is 1. The third-order valence-electron chi connectivity index (χ3n) is 7.68. The number of carbonyl (C=O) groups excluding carboxylic acids is 2. The summed E-state index contributed by atoms with van der Waals surface area (Å²) in [5, 5.41) is 3.71. The van der Waals surface area contributed by atoms with Gasteiger partial charge < -0.3 is 20.5 Å². The number of aromatic nitrogens is 3. The zero-order valence-electron chi connectivity index (χ0n) is 21.8. The average Bonchev–Trinajstić information content (AvgIpc) is 3.52. The minimum absolute atomic E-state index is 0.0325. The zero-order chi connectivity index (χ0) is 26.3. The lowest BCUT2D eigenvalue weighted by Crippen LogP contribution is -2.35. The molecule has 3 N–H and O–H groups in total. The fourth-order valence-electron chi connectivity index (χ4n) is 5.73. The van der Waals surface area contributed by atoms with E-state index in [1.165, 1.54) is 17.5 Å². The van der Waals surface area contributed by atoms with E-state index in [0.29, 0.717) is 23.0 Å². The van der Waals surface area contributed by atoms with Gasteiger partial charge >= 0.3 is 0 Å². The Kier molecular flexibility index (Phi) is 6.58. The number of rotatable bonds is 5. The first kappa shape index (κ1) is 24.7. The Morgan fingerprint density at radius 1 is 1.14 bits per heavy atom. The minimum Gasteiger partial charge on any atom is -0.383 e. The second-order valence-electron chi connectivity index (χ2n) is 10.3. The van der Waals surface area contributed by atoms with Crippen LogP contribution in [0.25, 0.3) is 27.9 Å². The lowest BCUT2D eigenvalue weighted by Gasteiger charge is -2.29. The van der Waals surface area contributed by atoms with Crippen molar-refractivity contribution < 1.29 is 9.59 Å². The third-order valence-corrected chi connectivity index (χ3v) is 7.68. The van der Waals surface area contributed by atoms with Gasteiger partial charge in [-0.15, -0.1) is 0 Å². The molecule has 2 aromatic heterocycles. The maximum absolute atomic E-state index is 13.1. The first-order valence-corrected chi connectivity index (χ1v) is 12.9. The molecule has 1 saturated heterocycles. The van der Waals surface area contributed by atoms with Crippen molar-refractivity contribution in [1.82, 2.24) is 19.4 Å². The van der Waals surface area contributed by atoms with Gasteiger partial charge in [0, 0.05) is 42.9 Å². The van der Waals surface area contributed by atoms with Crippen molar-refractivity contribution in [2.75, 3.05) is 24.1 Å². The monoisotopic (exact) mass is 498 g/mol. The summed E-state index contributed by atoms with van der Waals surface area (Å²) in [6.45, 7) is 9.29. The van der Waals surface area contributed by atoms with Gasteiger partial charge in [0.25, 0.3) is 5.91 Å². The van der Waals surface area contributed by atoms with Crippen LogP contribution in [0.15, 0.2) is 48.3 Å². The number of nitrogen functional groups attached to an aromatic ring is 1. The van der Waals surface area contributed by atoms with Crippen LogP contribution in [0.3, 0.4) is 0 Å². The van der Waals surface area contributed by atoms with Gasteiger partial charge in [0.1, 0.15) is 17.8 Å². The molecule has 1 fully saturated rings. The largest absolute Gasteiger partial charge is 0.383 e. The van der Waals surface area contributed by atoms with Crippen LogP contribution in [0.4, 0.5) is 11.5 Å². The highest BCUT2D eigenvalue weighted by Gasteiger charge is 2.32. The number of aryl methyl sites for hydroxylation is 1. The Morgan fingerprint density at radius 2 is 1.84 bits per heavy atom. The van der Waals surface area contributed by atoms with Crippen LogP contribution >= 0.6 is 0 Å². The van der Waals surface area contributed by atoms with E-state index in [2.05, 4.69) is 33.4 Å². The van der Waals surface area contributed by atoms with Gasteiger partial charge in [0.05, 0.1) is 11.1 Å². The standard InChI is InChI=1S/C29H34N6O2/c1-17(2)28(36)33-21-10-7-19(8-11-21)25-23(24-26(30)31-16-32-27(24)34(25)4)22-12-9-20(15-18(22)3)29(37)35-13-5-6-14-35/h7-8,10-11,16,20H,1,5-6,9,12-15H2,2-4H3,(H,33,36)(H2,30,31,32)/t20-/m1/s1. The second kappa shape index (κ2) is 9.84. The Morgan fingerprint density at radius 3 is 2.49 bits per heavy atom. The highest BCUT2D eigenvalue weighted by molar-refractivity contribution is 6.05. The van der Waals surface area contributed by atoms with Crippen molar-refractivity contribution in [2.45, 2.75) is 46.0 Å². The molecule has 2 amide bonds. The lowest BCUT2D eigenvalue weighted by atomic mass is 9.80. The molecule has 0 saturated carbocycles. The Labute approximate surface area is 217 Å². The van der Waals surface area contributed by atoms with Crippen molar-refractivity contribution in [3.63, 3.8) is 0 Å². The second-order valence-corrected chi connectivity index (χ2v) is 10.3. The normalized spacial score (nSPS) is 17.9. The van der Waals surface area contributed by atoms with Crippen molar-refractivity contribution in [3.8, 4) is 11.3 Å². The summed E-state index contributed by atoms with van der Waals surface area (Å²) in [6.07, 6.45) is 6.06. The summed E-state index contributed by atoms with van der Waals surface area (Å²) in [6, 6.07) is 7.76. The SMILES string of the molecule is C=C(C)C(=O)Nc1ccc(-c2c(C3=C(C)C[C@H](C(=O)N4CCCC4)CC3)c3c(N)ncnc3n2C)cc1. The first-order valence-electron chi connectivity index (χ1n) is 12.9. The number of anilines is 2. The molecule has 1 aliphatic carbocycles. The predicted molar refractivity (Wildman–Crippen MR) is 148 cm³/mol. The summed E-state index contributed by atoms with van der Waals surface area (Å²) in [4.78, 5) is 36.1. The van der Waals surface area contributed by atoms with Crippen molar-refractivity contribution in [1.29, 1.82) is 0 Å². The molecule has 192 valence electrons. The molecule has 5 rings (SSSR count). The summed E-state index contributed by atoms with van der Waals surface area (Å²) in [7, 11) is 1.99. The molecule has 3 heterocycles. The maximum atomic E-state index is 13.1. The first-order chi connectivity index (χ1) is 17.8. The smallest absolute Gasteiger partial charge is 0.250 e. The van der Waals surface area contributed by atoms with Gasteiger partial charge in [-0.2, -0.15) is 0 Å². The highest BCUT2D eigenvalue weighted by Crippen LogP contribution is 2.45. The molecular formula is C29H34N6O2. The number of fused-ring (bicyclic) bond motifs is 1. The van der Waals surface area contributed by atoms with Crippen LogP contribution < -0.4 is 11.1 Å². The Balaban J connectivity index is 1.57. The summed E-state index contributed by atoms with van der Waals surface area (Å²) in [5.41, 5.74) is 13.8. The van der Waals surface area contributed by atoms with E-state index in [1.807, 2.05) is 36.2 Å². The number of hydrogen-bond acceptors (Lipinski definition) is 5. The van der Waals surface area contributed by atoms with Gasteiger partial charge in [0.15, 0.2) is 0 Å². The van der Waals surface area contributed by atoms with Crippen LogP contribution in [0.5, 0.6) is 0 Å². The fraction of sp³-hybridized carbons (Fsp3) is 0.379. The number of amides is 2. The quantitative estimate of drug-likeness (QED) is 0.485. The molecule has 8 nitrogen and oxygen atoms in total. The van der Waals surface area contributed by atoms with Gasteiger partial charge in [-0.25, -0.2) is 9.97 Å². The molecule has 0 unspecified atom stereocenters. The predicted octanol–water partition coefficient (Wildman–Crippen LogP) is 4.93. The molecule has 37 heavy (non-hydrogen) atoms. The van der Waals surface area contributed by atoms with Crippen molar-refractivity contribution in [2.24, 2.45) is 13.0 Å². The number of nitrogens with one attached hydrogen (secondary N) is 1. The van der Waals surface area contributed by atoms with Gasteiger partial charge in [-0.05, 0) is 69.2 Å². The van der Waals surface area contributed by atoms with E-state index in [0.717, 1.165) is 73.0 Å². The van der Waals surface area contributed by atoms with Crippen LogP contribution in [-0.2, 0) is 16.6 Å². The van der Waals surface area contributed by atoms with E-state index in [1.54, 1.807) is 6.92 Å².